The van der Waals surface area contributed by atoms with Crippen molar-refractivity contribution in [3.63, 3.8) is 0 Å². The molecule has 0 bridgehead atoms. The van der Waals surface area contributed by atoms with Gasteiger partial charge in [0.2, 0.25) is 0 Å². The highest BCUT2D eigenvalue weighted by Crippen LogP contribution is 2.08. The fraction of sp³-hybridized carbons (Fsp3) is 0.143. The Morgan fingerprint density at radius 2 is 2.11 bits per heavy atom. The van der Waals surface area contributed by atoms with Gasteiger partial charge >= 0.3 is 0 Å². The monoisotopic (exact) mass is 158 g/mol. The number of aryl methyl sites for hydroxylation is 1. The molecule has 0 aromatic heterocycles. The summed E-state index contributed by atoms with van der Waals surface area (Å²) >= 11 is 5.70. The van der Waals surface area contributed by atoms with E-state index in [1.807, 2.05) is 18.2 Å². The van der Waals surface area contributed by atoms with Gasteiger partial charge in [-0.15, -0.1) is 9.24 Å². The molecule has 0 spiro atoms. The predicted molar refractivity (Wildman–Crippen MR) is 45.5 cm³/mol. The van der Waals surface area contributed by atoms with Crippen molar-refractivity contribution >= 4 is 26.1 Å². The standard InChI is InChI=1S/C7H8ClP/c1-5-2-3-6(8)4-7(5)9/h2-4H,9H2,1H3. The van der Waals surface area contributed by atoms with Gasteiger partial charge in [-0.2, -0.15) is 0 Å². The number of hydrogen-bond donors (Lipinski definition) is 0. The smallest absolute Gasteiger partial charge is 0.0412 e. The van der Waals surface area contributed by atoms with Crippen molar-refractivity contribution in [1.82, 2.24) is 0 Å². The van der Waals surface area contributed by atoms with Crippen molar-refractivity contribution in [3.05, 3.63) is 28.8 Å². The molecule has 0 nitrogen and oxygen atoms in total. The van der Waals surface area contributed by atoms with E-state index >= 15 is 0 Å². The molecule has 0 aliphatic carbocycles. The third kappa shape index (κ3) is 1.67. The van der Waals surface area contributed by atoms with Crippen LogP contribution >= 0.6 is 20.8 Å². The van der Waals surface area contributed by atoms with Gasteiger partial charge < -0.3 is 0 Å². The van der Waals surface area contributed by atoms with Crippen LogP contribution in [0.1, 0.15) is 5.56 Å². The van der Waals surface area contributed by atoms with Crippen molar-refractivity contribution in [1.29, 1.82) is 0 Å². The van der Waals surface area contributed by atoms with E-state index in [2.05, 4.69) is 16.2 Å². The summed E-state index contributed by atoms with van der Waals surface area (Å²) in [5.74, 6) is 0. The molecule has 0 aliphatic rings. The van der Waals surface area contributed by atoms with Crippen LogP contribution in [0.15, 0.2) is 18.2 Å². The van der Waals surface area contributed by atoms with E-state index in [0.29, 0.717) is 0 Å². The highest BCUT2D eigenvalue weighted by molar-refractivity contribution is 7.27. The molecule has 9 heavy (non-hydrogen) atoms. The van der Waals surface area contributed by atoms with Gasteiger partial charge in [-0.05, 0) is 29.9 Å². The fourth-order valence-electron chi connectivity index (χ4n) is 0.611. The molecule has 0 radical (unpaired) electrons. The van der Waals surface area contributed by atoms with Gasteiger partial charge in [-0.1, -0.05) is 17.7 Å². The molecular formula is C7H8ClP. The Bertz CT molecular complexity index is 220. The molecule has 0 fully saturated rings. The summed E-state index contributed by atoms with van der Waals surface area (Å²) in [6.07, 6.45) is 0. The summed E-state index contributed by atoms with van der Waals surface area (Å²) in [5, 5.41) is 1.97. The zero-order chi connectivity index (χ0) is 6.85. The SMILES string of the molecule is Cc1ccc(Cl)cc1P. The van der Waals surface area contributed by atoms with Crippen molar-refractivity contribution in [2.75, 3.05) is 0 Å². The number of hydrogen-bond acceptors (Lipinski definition) is 0. The lowest BCUT2D eigenvalue weighted by Crippen LogP contribution is -1.93. The van der Waals surface area contributed by atoms with Crippen LogP contribution in [0.25, 0.3) is 0 Å². The van der Waals surface area contributed by atoms with Gasteiger partial charge in [0, 0.05) is 5.02 Å². The van der Waals surface area contributed by atoms with E-state index in [-0.39, 0.29) is 0 Å². The topological polar surface area (TPSA) is 0 Å². The lowest BCUT2D eigenvalue weighted by molar-refractivity contribution is 1.52. The molecule has 0 saturated heterocycles. The van der Waals surface area contributed by atoms with Gasteiger partial charge in [0.25, 0.3) is 0 Å². The summed E-state index contributed by atoms with van der Waals surface area (Å²) in [4.78, 5) is 0. The second-order valence-corrected chi connectivity index (χ2v) is 3.06. The molecule has 1 aromatic rings. The van der Waals surface area contributed by atoms with Crippen LogP contribution in [0.3, 0.4) is 0 Å². The first kappa shape index (κ1) is 7.05. The number of rotatable bonds is 0. The zero-order valence-electron chi connectivity index (χ0n) is 5.19. The normalized spacial score (nSPS) is 9.67. The molecule has 0 heterocycles. The number of benzene rings is 1. The van der Waals surface area contributed by atoms with Gasteiger partial charge in [0.1, 0.15) is 0 Å². The average Bonchev–Trinajstić information content (AvgIpc) is 1.80. The molecule has 48 valence electrons. The quantitative estimate of drug-likeness (QED) is 0.508. The minimum Gasteiger partial charge on any atom is -0.105 e. The number of halogens is 1. The second kappa shape index (κ2) is 2.68. The molecule has 2 heteroatoms. The molecule has 0 saturated carbocycles. The fourth-order valence-corrected chi connectivity index (χ4v) is 1.17. The molecular weight excluding hydrogens is 151 g/mol. The van der Waals surface area contributed by atoms with Crippen LogP contribution < -0.4 is 5.30 Å². The second-order valence-electron chi connectivity index (χ2n) is 2.00. The summed E-state index contributed by atoms with van der Waals surface area (Å²) in [5.41, 5.74) is 1.25. The molecule has 0 amide bonds. The summed E-state index contributed by atoms with van der Waals surface area (Å²) < 4.78 is 0. The molecule has 1 unspecified atom stereocenters. The molecule has 0 aliphatic heterocycles. The zero-order valence-corrected chi connectivity index (χ0v) is 7.10. The Morgan fingerprint density at radius 3 is 2.56 bits per heavy atom. The minimum absolute atomic E-state index is 0.797. The van der Waals surface area contributed by atoms with Crippen LogP contribution in [0.5, 0.6) is 0 Å². The average molecular weight is 159 g/mol. The third-order valence-corrected chi connectivity index (χ3v) is 2.10. The van der Waals surface area contributed by atoms with Gasteiger partial charge in [0.05, 0.1) is 0 Å². The molecule has 1 atom stereocenters. The largest absolute Gasteiger partial charge is 0.105 e. The first-order valence-electron chi connectivity index (χ1n) is 2.72. The highest BCUT2D eigenvalue weighted by Gasteiger charge is 1.90. The predicted octanol–water partition coefficient (Wildman–Crippen LogP) is 2.15. The molecule has 1 aromatic carbocycles. The van der Waals surface area contributed by atoms with Gasteiger partial charge in [-0.3, -0.25) is 0 Å². The van der Waals surface area contributed by atoms with E-state index in [4.69, 9.17) is 11.6 Å². The van der Waals surface area contributed by atoms with Gasteiger partial charge in [0.15, 0.2) is 0 Å². The van der Waals surface area contributed by atoms with E-state index < -0.39 is 0 Å². The summed E-state index contributed by atoms with van der Waals surface area (Å²) in [6.45, 7) is 2.05. The van der Waals surface area contributed by atoms with Crippen LogP contribution in [-0.4, -0.2) is 0 Å². The molecule has 0 N–H and O–H groups in total. The Balaban J connectivity index is 3.17. The van der Waals surface area contributed by atoms with E-state index in [1.165, 1.54) is 10.9 Å². The maximum atomic E-state index is 5.70. The van der Waals surface area contributed by atoms with Crippen molar-refractivity contribution in [2.45, 2.75) is 6.92 Å². The van der Waals surface area contributed by atoms with Crippen molar-refractivity contribution in [2.24, 2.45) is 0 Å². The Labute approximate surface area is 62.4 Å². The Morgan fingerprint density at radius 1 is 1.44 bits per heavy atom. The van der Waals surface area contributed by atoms with E-state index in [9.17, 15) is 0 Å². The Kier molecular flexibility index (Phi) is 2.10. The van der Waals surface area contributed by atoms with E-state index in [0.717, 1.165) is 5.02 Å². The summed E-state index contributed by atoms with van der Waals surface area (Å²) in [7, 11) is 2.64. The van der Waals surface area contributed by atoms with Crippen molar-refractivity contribution < 1.29 is 0 Å². The minimum atomic E-state index is 0.797. The lowest BCUT2D eigenvalue weighted by atomic mass is 10.2. The van der Waals surface area contributed by atoms with Crippen LogP contribution in [0, 0.1) is 6.92 Å². The van der Waals surface area contributed by atoms with Gasteiger partial charge in [-0.25, -0.2) is 0 Å². The first-order chi connectivity index (χ1) is 4.20. The van der Waals surface area contributed by atoms with Crippen LogP contribution in [-0.2, 0) is 0 Å². The summed E-state index contributed by atoms with van der Waals surface area (Å²) in [6, 6.07) is 5.83. The third-order valence-electron chi connectivity index (χ3n) is 1.24. The highest BCUT2D eigenvalue weighted by atomic mass is 35.5. The van der Waals surface area contributed by atoms with Crippen molar-refractivity contribution in [3.8, 4) is 0 Å². The van der Waals surface area contributed by atoms with Crippen LogP contribution in [0.2, 0.25) is 5.02 Å². The lowest BCUT2D eigenvalue weighted by Gasteiger charge is -1.96. The first-order valence-corrected chi connectivity index (χ1v) is 3.67. The maximum Gasteiger partial charge on any atom is 0.0412 e. The van der Waals surface area contributed by atoms with E-state index in [1.54, 1.807) is 0 Å². The van der Waals surface area contributed by atoms with Crippen LogP contribution in [0.4, 0.5) is 0 Å². The molecule has 1 rings (SSSR count). The Hall–Kier alpha value is -0.0600. The maximum absolute atomic E-state index is 5.70.